The van der Waals surface area contributed by atoms with E-state index in [1.54, 1.807) is 0 Å². The largest absolute Gasteiger partial charge is 0.342 e. The van der Waals surface area contributed by atoms with Gasteiger partial charge in [-0.15, -0.1) is 0 Å². The van der Waals surface area contributed by atoms with Crippen LogP contribution >= 0.6 is 0 Å². The number of amides is 4. The normalized spacial score (nSPS) is 31.1. The molecule has 0 aromatic heterocycles. The zero-order chi connectivity index (χ0) is 20.4. The molecule has 162 valence electrons. The summed E-state index contributed by atoms with van der Waals surface area (Å²) in [7, 11) is 0. The number of fused-ring (bicyclic) bond motifs is 2. The highest BCUT2D eigenvalue weighted by atomic mass is 16.2. The number of urea groups is 1. The number of carbonyl (C=O) groups excluding carboxylic acids is 3. The predicted octanol–water partition coefficient (Wildman–Crippen LogP) is 1.97. The lowest BCUT2D eigenvalue weighted by molar-refractivity contribution is -0.136. The van der Waals surface area contributed by atoms with Gasteiger partial charge in [0.25, 0.3) is 0 Å². The molecule has 2 saturated carbocycles. The van der Waals surface area contributed by atoms with E-state index in [4.69, 9.17) is 0 Å². The summed E-state index contributed by atoms with van der Waals surface area (Å²) in [5.74, 6) is 2.28. The minimum absolute atomic E-state index is 0.0957. The monoisotopic (exact) mass is 404 g/mol. The quantitative estimate of drug-likeness (QED) is 0.734. The molecule has 7 nitrogen and oxygen atoms in total. The Balaban J connectivity index is 1.14. The van der Waals surface area contributed by atoms with Gasteiger partial charge in [-0.3, -0.25) is 19.8 Å². The summed E-state index contributed by atoms with van der Waals surface area (Å²) in [4.78, 5) is 41.1. The maximum atomic E-state index is 12.5. The molecule has 2 aliphatic carbocycles. The third-order valence-electron chi connectivity index (χ3n) is 7.77. The second kappa shape index (κ2) is 9.02. The lowest BCUT2D eigenvalue weighted by atomic mass is 9.84. The number of hydrogen-bond donors (Lipinski definition) is 2. The van der Waals surface area contributed by atoms with Crippen molar-refractivity contribution < 1.29 is 14.4 Å². The zero-order valence-corrected chi connectivity index (χ0v) is 17.7. The fourth-order valence-electron chi connectivity index (χ4n) is 6.16. The molecule has 4 rings (SSSR count). The topological polar surface area (TPSA) is 81.8 Å². The Morgan fingerprint density at radius 1 is 0.966 bits per heavy atom. The van der Waals surface area contributed by atoms with Crippen molar-refractivity contribution in [1.29, 1.82) is 0 Å². The van der Waals surface area contributed by atoms with Gasteiger partial charge in [0.15, 0.2) is 0 Å². The number of carbonyl (C=O) groups is 3. The van der Waals surface area contributed by atoms with Gasteiger partial charge in [-0.1, -0.05) is 6.42 Å². The Bertz CT molecular complexity index is 626. The van der Waals surface area contributed by atoms with E-state index in [-0.39, 0.29) is 30.4 Å². The van der Waals surface area contributed by atoms with Crippen molar-refractivity contribution in [3.8, 4) is 0 Å². The number of rotatable bonds is 5. The molecule has 0 radical (unpaired) electrons. The summed E-state index contributed by atoms with van der Waals surface area (Å²) in [6.07, 6.45) is 9.00. The maximum Gasteiger partial charge on any atom is 0.321 e. The molecule has 2 aliphatic heterocycles. The van der Waals surface area contributed by atoms with Gasteiger partial charge in [0.05, 0.1) is 6.54 Å². The molecule has 4 atom stereocenters. The number of piperidine rings is 1. The van der Waals surface area contributed by atoms with E-state index in [9.17, 15) is 14.4 Å². The first kappa shape index (κ1) is 20.6. The van der Waals surface area contributed by atoms with Crippen LogP contribution in [0.15, 0.2) is 0 Å². The van der Waals surface area contributed by atoms with E-state index >= 15 is 0 Å². The summed E-state index contributed by atoms with van der Waals surface area (Å²) < 4.78 is 0. The molecule has 2 heterocycles. The molecule has 29 heavy (non-hydrogen) atoms. The fourth-order valence-corrected chi connectivity index (χ4v) is 6.16. The summed E-state index contributed by atoms with van der Waals surface area (Å²) in [6.45, 7) is 5.56. The van der Waals surface area contributed by atoms with Crippen molar-refractivity contribution >= 4 is 17.8 Å². The number of nitrogens with one attached hydrogen (secondary N) is 2. The van der Waals surface area contributed by atoms with E-state index in [2.05, 4.69) is 22.5 Å². The van der Waals surface area contributed by atoms with Crippen LogP contribution in [0, 0.1) is 23.7 Å². The number of nitrogens with zero attached hydrogens (tertiary/aromatic N) is 2. The van der Waals surface area contributed by atoms with Crippen molar-refractivity contribution in [2.75, 3.05) is 32.7 Å². The second-order valence-electron chi connectivity index (χ2n) is 9.73. The van der Waals surface area contributed by atoms with Gasteiger partial charge in [0, 0.05) is 25.0 Å². The lowest BCUT2D eigenvalue weighted by Gasteiger charge is -2.32. The average molecular weight is 405 g/mol. The van der Waals surface area contributed by atoms with E-state index in [1.807, 2.05) is 4.90 Å². The molecule has 0 spiro atoms. The van der Waals surface area contributed by atoms with Gasteiger partial charge in [-0.25, -0.2) is 4.79 Å². The average Bonchev–Trinajstić information content (AvgIpc) is 3.45. The van der Waals surface area contributed by atoms with Crippen LogP contribution in [-0.4, -0.2) is 66.4 Å². The van der Waals surface area contributed by atoms with Crippen LogP contribution in [0.2, 0.25) is 0 Å². The van der Waals surface area contributed by atoms with Crippen LogP contribution in [0.5, 0.6) is 0 Å². The van der Waals surface area contributed by atoms with Crippen LogP contribution in [0.3, 0.4) is 0 Å². The van der Waals surface area contributed by atoms with Gasteiger partial charge in [-0.2, -0.15) is 0 Å². The van der Waals surface area contributed by atoms with Crippen LogP contribution < -0.4 is 10.6 Å². The molecule has 4 amide bonds. The Morgan fingerprint density at radius 2 is 1.69 bits per heavy atom. The van der Waals surface area contributed by atoms with Crippen LogP contribution in [0.1, 0.15) is 58.3 Å². The van der Waals surface area contributed by atoms with Crippen LogP contribution in [0.4, 0.5) is 4.79 Å². The molecule has 4 fully saturated rings. The fraction of sp³-hybridized carbons (Fsp3) is 0.864. The predicted molar refractivity (Wildman–Crippen MR) is 110 cm³/mol. The standard InChI is InChI=1S/C22H36N4O3/c1-15(19-13-16-4-5-18(19)12-16)23-22(29)24-20(27)14-25-10-6-17(7-11-25)21(28)26-8-2-3-9-26/h15-19H,2-14H2,1H3,(H2,23,24,27,29). The number of likely N-dealkylation sites (tertiary alicyclic amines) is 2. The van der Waals surface area contributed by atoms with Gasteiger partial charge >= 0.3 is 6.03 Å². The van der Waals surface area contributed by atoms with Gasteiger partial charge in [-0.05, 0) is 82.7 Å². The van der Waals surface area contributed by atoms with E-state index in [0.29, 0.717) is 11.8 Å². The van der Waals surface area contributed by atoms with Crippen molar-refractivity contribution in [3.05, 3.63) is 0 Å². The highest BCUT2D eigenvalue weighted by molar-refractivity contribution is 5.95. The first-order chi connectivity index (χ1) is 14.0. The molecular weight excluding hydrogens is 368 g/mol. The summed E-state index contributed by atoms with van der Waals surface area (Å²) in [5.41, 5.74) is 0. The van der Waals surface area contributed by atoms with Crippen molar-refractivity contribution in [3.63, 3.8) is 0 Å². The minimum Gasteiger partial charge on any atom is -0.342 e. The van der Waals surface area contributed by atoms with Crippen LogP contribution in [-0.2, 0) is 9.59 Å². The van der Waals surface area contributed by atoms with E-state index in [1.165, 1.54) is 25.7 Å². The van der Waals surface area contributed by atoms with Crippen molar-refractivity contribution in [2.24, 2.45) is 23.7 Å². The third-order valence-corrected chi connectivity index (χ3v) is 7.77. The zero-order valence-electron chi connectivity index (χ0n) is 17.7. The summed E-state index contributed by atoms with van der Waals surface area (Å²) >= 11 is 0. The van der Waals surface area contributed by atoms with Gasteiger partial charge < -0.3 is 10.2 Å². The van der Waals surface area contributed by atoms with Gasteiger partial charge in [0.1, 0.15) is 0 Å². The maximum absolute atomic E-state index is 12.5. The second-order valence-corrected chi connectivity index (χ2v) is 9.73. The number of hydrogen-bond acceptors (Lipinski definition) is 4. The van der Waals surface area contributed by atoms with Crippen LogP contribution in [0.25, 0.3) is 0 Å². The van der Waals surface area contributed by atoms with Crippen molar-refractivity contribution in [1.82, 2.24) is 20.4 Å². The molecule has 2 N–H and O–H groups in total. The molecule has 4 unspecified atom stereocenters. The lowest BCUT2D eigenvalue weighted by Crippen LogP contribution is -2.50. The molecule has 4 aliphatic rings. The summed E-state index contributed by atoms with van der Waals surface area (Å²) in [6, 6.07) is -0.255. The third kappa shape index (κ3) is 4.93. The Kier molecular flexibility index (Phi) is 6.42. The highest BCUT2D eigenvalue weighted by Crippen LogP contribution is 2.49. The van der Waals surface area contributed by atoms with E-state index in [0.717, 1.165) is 63.7 Å². The molecule has 0 aromatic carbocycles. The SMILES string of the molecule is CC(NC(=O)NC(=O)CN1CCC(C(=O)N2CCCC2)CC1)C1CC2CCC1C2. The minimum atomic E-state index is -0.371. The van der Waals surface area contributed by atoms with Gasteiger partial charge in [0.2, 0.25) is 11.8 Å². The smallest absolute Gasteiger partial charge is 0.321 e. The van der Waals surface area contributed by atoms with Crippen molar-refractivity contribution in [2.45, 2.75) is 64.3 Å². The first-order valence-corrected chi connectivity index (χ1v) is 11.6. The summed E-state index contributed by atoms with van der Waals surface area (Å²) in [5, 5.41) is 5.49. The molecular formula is C22H36N4O3. The van der Waals surface area contributed by atoms with E-state index < -0.39 is 0 Å². The number of imide groups is 1. The molecule has 2 bridgehead atoms. The first-order valence-electron chi connectivity index (χ1n) is 11.6. The molecule has 0 aromatic rings. The highest BCUT2D eigenvalue weighted by Gasteiger charge is 2.42. The Morgan fingerprint density at radius 3 is 2.31 bits per heavy atom. The molecule has 2 saturated heterocycles. The Hall–Kier alpha value is -1.63. The Labute approximate surface area is 173 Å². The molecule has 7 heteroatoms.